The van der Waals surface area contributed by atoms with E-state index in [9.17, 15) is 9.59 Å². The number of nitrogens with one attached hydrogen (secondary N) is 1. The summed E-state index contributed by atoms with van der Waals surface area (Å²) in [6.45, 7) is 11.7. The number of aromatic amines is 1. The number of hydrogen-bond acceptors (Lipinski definition) is 4. The van der Waals surface area contributed by atoms with E-state index in [-0.39, 0.29) is 22.6 Å². The second-order valence-electron chi connectivity index (χ2n) is 11.0. The van der Waals surface area contributed by atoms with E-state index in [1.807, 2.05) is 27.8 Å². The van der Waals surface area contributed by atoms with E-state index in [1.54, 1.807) is 6.20 Å². The van der Waals surface area contributed by atoms with Crippen LogP contribution in [0.3, 0.4) is 0 Å². The molecule has 7 heteroatoms. The van der Waals surface area contributed by atoms with E-state index in [4.69, 9.17) is 0 Å². The molecule has 1 saturated heterocycles. The predicted octanol–water partition coefficient (Wildman–Crippen LogP) is 4.20. The fraction of sp³-hybridized carbons (Fsp3) is 0.520. The van der Waals surface area contributed by atoms with Gasteiger partial charge in [0.25, 0.3) is 5.91 Å². The summed E-state index contributed by atoms with van der Waals surface area (Å²) < 4.78 is 1.93. The van der Waals surface area contributed by atoms with Crippen LogP contribution in [0.5, 0.6) is 0 Å². The maximum Gasteiger partial charge on any atom is 0.253 e. The van der Waals surface area contributed by atoms with E-state index in [0.29, 0.717) is 24.3 Å². The quantitative estimate of drug-likeness (QED) is 0.623. The van der Waals surface area contributed by atoms with E-state index in [0.717, 1.165) is 35.7 Å². The van der Waals surface area contributed by atoms with Crippen LogP contribution in [0.4, 0.5) is 0 Å². The number of carbonyl (C=O) groups is 2. The van der Waals surface area contributed by atoms with Gasteiger partial charge in [-0.15, -0.1) is 0 Å². The summed E-state index contributed by atoms with van der Waals surface area (Å²) in [6, 6.07) is 5.65. The molecule has 1 aromatic carbocycles. The lowest BCUT2D eigenvalue weighted by Crippen LogP contribution is -2.55. The van der Waals surface area contributed by atoms with Crippen molar-refractivity contribution in [2.24, 2.45) is 10.8 Å². The van der Waals surface area contributed by atoms with Gasteiger partial charge in [-0.25, -0.2) is 0 Å². The average Bonchev–Trinajstić information content (AvgIpc) is 3.38. The van der Waals surface area contributed by atoms with Crippen LogP contribution in [0.15, 0.2) is 30.6 Å². The largest absolute Gasteiger partial charge is 0.339 e. The van der Waals surface area contributed by atoms with Crippen LogP contribution < -0.4 is 0 Å². The van der Waals surface area contributed by atoms with Gasteiger partial charge in [-0.1, -0.05) is 13.8 Å². The third-order valence-electron chi connectivity index (χ3n) is 7.81. The number of ketones is 1. The fourth-order valence-electron chi connectivity index (χ4n) is 5.39. The predicted molar refractivity (Wildman–Crippen MR) is 123 cm³/mol. The van der Waals surface area contributed by atoms with Crippen molar-refractivity contribution in [3.63, 3.8) is 0 Å². The van der Waals surface area contributed by atoms with Gasteiger partial charge in [-0.05, 0) is 63.6 Å². The highest BCUT2D eigenvalue weighted by molar-refractivity contribution is 6.01. The lowest BCUT2D eigenvalue weighted by Gasteiger charge is -2.52. The summed E-state index contributed by atoms with van der Waals surface area (Å²) in [5.74, 6) is 0.177. The number of amides is 1. The van der Waals surface area contributed by atoms with Crippen molar-refractivity contribution < 1.29 is 9.59 Å². The third kappa shape index (κ3) is 3.01. The minimum absolute atomic E-state index is 0.0455. The summed E-state index contributed by atoms with van der Waals surface area (Å²) in [4.78, 5) is 28.6. The standard InChI is InChI=1S/C25H31N5O2/c1-23(2,3)30-15-18-13-25(24(4,5)21(31)20(18)28-30)8-10-29(11-9-25)22(32)16-6-7-19-17(12-16)14-26-27-19/h6-7,12,14-15H,8-11,13H2,1-5H3,(H,26,27). The van der Waals surface area contributed by atoms with Crippen molar-refractivity contribution in [1.82, 2.24) is 24.9 Å². The van der Waals surface area contributed by atoms with Gasteiger partial charge in [0.2, 0.25) is 0 Å². The Kier molecular flexibility index (Phi) is 4.42. The topological polar surface area (TPSA) is 83.9 Å². The zero-order chi connectivity index (χ0) is 22.9. The van der Waals surface area contributed by atoms with Crippen LogP contribution in [0.1, 0.15) is 73.9 Å². The number of benzene rings is 1. The number of nitrogens with zero attached hydrogens (tertiary/aromatic N) is 4. The van der Waals surface area contributed by atoms with Gasteiger partial charge in [0.15, 0.2) is 5.78 Å². The summed E-state index contributed by atoms with van der Waals surface area (Å²) in [5, 5.41) is 12.6. The molecule has 1 spiro atoms. The minimum Gasteiger partial charge on any atom is -0.339 e. The first-order chi connectivity index (χ1) is 15.0. The fourth-order valence-corrected chi connectivity index (χ4v) is 5.39. The molecule has 1 aliphatic heterocycles. The Bertz CT molecular complexity index is 1220. The zero-order valence-corrected chi connectivity index (χ0v) is 19.5. The summed E-state index contributed by atoms with van der Waals surface area (Å²) >= 11 is 0. The Hall–Kier alpha value is -2.96. The molecule has 3 heterocycles. The second-order valence-corrected chi connectivity index (χ2v) is 11.0. The Balaban J connectivity index is 1.39. The number of H-pyrrole nitrogens is 1. The number of rotatable bonds is 1. The first-order valence-electron chi connectivity index (χ1n) is 11.4. The highest BCUT2D eigenvalue weighted by atomic mass is 16.2. The van der Waals surface area contributed by atoms with Gasteiger partial charge in [-0.2, -0.15) is 10.2 Å². The van der Waals surface area contributed by atoms with Crippen LogP contribution in [-0.2, 0) is 12.0 Å². The lowest BCUT2D eigenvalue weighted by molar-refractivity contribution is -0.000298. The highest BCUT2D eigenvalue weighted by Crippen LogP contribution is 2.54. The molecule has 5 rings (SSSR count). The van der Waals surface area contributed by atoms with E-state index in [1.165, 1.54) is 0 Å². The third-order valence-corrected chi connectivity index (χ3v) is 7.81. The number of aromatic nitrogens is 4. The molecule has 3 aromatic rings. The monoisotopic (exact) mass is 433 g/mol. The molecular weight excluding hydrogens is 402 g/mol. The highest BCUT2D eigenvalue weighted by Gasteiger charge is 2.55. The number of likely N-dealkylation sites (tertiary alicyclic amines) is 1. The summed E-state index contributed by atoms with van der Waals surface area (Å²) in [5.41, 5.74) is 2.45. The Morgan fingerprint density at radius 2 is 1.88 bits per heavy atom. The number of Topliss-reactive ketones (excluding diaryl/α,β-unsaturated/α-hetero) is 1. The van der Waals surface area contributed by atoms with Gasteiger partial charge >= 0.3 is 0 Å². The number of piperidine rings is 1. The first kappa shape index (κ1) is 20.9. The SMILES string of the molecule is CC(C)(C)n1cc2c(n1)C(=O)C(C)(C)C1(CCN(C(=O)c3ccc4[nH]ncc4c3)CC1)C2. The molecule has 32 heavy (non-hydrogen) atoms. The smallest absolute Gasteiger partial charge is 0.253 e. The van der Waals surface area contributed by atoms with Crippen LogP contribution in [-0.4, -0.2) is 49.7 Å². The molecule has 0 radical (unpaired) electrons. The van der Waals surface area contributed by atoms with E-state index < -0.39 is 5.41 Å². The normalized spacial score (nSPS) is 20.0. The van der Waals surface area contributed by atoms with Gasteiger partial charge in [0.1, 0.15) is 5.69 Å². The van der Waals surface area contributed by atoms with Crippen LogP contribution in [0, 0.1) is 10.8 Å². The molecular formula is C25H31N5O2. The molecule has 1 fully saturated rings. The molecule has 168 valence electrons. The second kappa shape index (κ2) is 6.77. The Morgan fingerprint density at radius 1 is 1.16 bits per heavy atom. The van der Waals surface area contributed by atoms with Crippen LogP contribution >= 0.6 is 0 Å². The van der Waals surface area contributed by atoms with Crippen LogP contribution in [0.25, 0.3) is 10.9 Å². The average molecular weight is 434 g/mol. The number of fused-ring (bicyclic) bond motifs is 2. The molecule has 7 nitrogen and oxygen atoms in total. The van der Waals surface area contributed by atoms with Gasteiger partial charge in [-0.3, -0.25) is 19.4 Å². The van der Waals surface area contributed by atoms with E-state index >= 15 is 0 Å². The van der Waals surface area contributed by atoms with Crippen molar-refractivity contribution in [2.75, 3.05) is 13.1 Å². The molecule has 0 saturated carbocycles. The minimum atomic E-state index is -0.512. The first-order valence-corrected chi connectivity index (χ1v) is 11.4. The Labute approximate surface area is 188 Å². The summed E-state index contributed by atoms with van der Waals surface area (Å²) in [7, 11) is 0. The van der Waals surface area contributed by atoms with E-state index in [2.05, 4.69) is 56.1 Å². The molecule has 0 bridgehead atoms. The molecule has 0 atom stereocenters. The Morgan fingerprint density at radius 3 is 2.56 bits per heavy atom. The zero-order valence-electron chi connectivity index (χ0n) is 19.5. The maximum absolute atomic E-state index is 13.5. The molecule has 1 aliphatic carbocycles. The molecule has 1 N–H and O–H groups in total. The lowest BCUT2D eigenvalue weighted by atomic mass is 9.53. The van der Waals surface area contributed by atoms with Gasteiger partial charge in [0, 0.05) is 41.2 Å². The molecule has 1 amide bonds. The number of carbonyl (C=O) groups excluding carboxylic acids is 2. The summed E-state index contributed by atoms with van der Waals surface area (Å²) in [6.07, 6.45) is 6.25. The van der Waals surface area contributed by atoms with Crippen molar-refractivity contribution in [3.8, 4) is 0 Å². The van der Waals surface area contributed by atoms with Crippen molar-refractivity contribution >= 4 is 22.6 Å². The van der Waals surface area contributed by atoms with Crippen LogP contribution in [0.2, 0.25) is 0 Å². The molecule has 2 aliphatic rings. The maximum atomic E-state index is 13.5. The van der Waals surface area contributed by atoms with Crippen molar-refractivity contribution in [2.45, 2.75) is 59.4 Å². The van der Waals surface area contributed by atoms with Crippen molar-refractivity contribution in [3.05, 3.63) is 47.4 Å². The van der Waals surface area contributed by atoms with Gasteiger partial charge in [0.05, 0.1) is 17.3 Å². The van der Waals surface area contributed by atoms with Gasteiger partial charge < -0.3 is 4.90 Å². The molecule has 2 aromatic heterocycles. The number of hydrogen-bond donors (Lipinski definition) is 1. The van der Waals surface area contributed by atoms with Crippen molar-refractivity contribution in [1.29, 1.82) is 0 Å². The molecule has 0 unspecified atom stereocenters.